The molecule has 0 fully saturated rings. The Hall–Kier alpha value is -2.73. The highest BCUT2D eigenvalue weighted by Crippen LogP contribution is 2.38. The summed E-state index contributed by atoms with van der Waals surface area (Å²) in [5.74, 6) is 1.10. The SMILES string of the molecule is CCC(=O)N1CCc2cc(C(=O)NCc3cc(Cl)c4c(c3)OCCCO4)ccc21. The Bertz CT molecular complexity index is 960. The summed E-state index contributed by atoms with van der Waals surface area (Å²) in [5, 5.41) is 3.41. The summed E-state index contributed by atoms with van der Waals surface area (Å²) in [4.78, 5) is 26.4. The van der Waals surface area contributed by atoms with Crippen LogP contribution in [-0.4, -0.2) is 31.6 Å². The topological polar surface area (TPSA) is 67.9 Å². The largest absolute Gasteiger partial charge is 0.489 e. The molecule has 6 nitrogen and oxygen atoms in total. The van der Waals surface area contributed by atoms with Crippen LogP contribution in [0.15, 0.2) is 30.3 Å². The molecule has 152 valence electrons. The van der Waals surface area contributed by atoms with Crippen molar-refractivity contribution in [3.63, 3.8) is 0 Å². The molecule has 29 heavy (non-hydrogen) atoms. The third-order valence-electron chi connectivity index (χ3n) is 5.16. The van der Waals surface area contributed by atoms with Gasteiger partial charge in [-0.2, -0.15) is 0 Å². The maximum atomic E-state index is 12.6. The van der Waals surface area contributed by atoms with Gasteiger partial charge >= 0.3 is 0 Å². The van der Waals surface area contributed by atoms with Gasteiger partial charge in [0.2, 0.25) is 5.91 Å². The zero-order valence-electron chi connectivity index (χ0n) is 16.3. The second kappa shape index (κ2) is 8.33. The summed E-state index contributed by atoms with van der Waals surface area (Å²) in [6.07, 6.45) is 2.04. The molecule has 0 unspecified atom stereocenters. The van der Waals surface area contributed by atoms with Gasteiger partial charge in [-0.25, -0.2) is 0 Å². The lowest BCUT2D eigenvalue weighted by Gasteiger charge is -2.16. The molecule has 1 N–H and O–H groups in total. The number of amides is 2. The van der Waals surface area contributed by atoms with Crippen LogP contribution in [0.25, 0.3) is 0 Å². The second-order valence-corrected chi connectivity index (χ2v) is 7.54. The van der Waals surface area contributed by atoms with Crippen LogP contribution in [0, 0.1) is 0 Å². The van der Waals surface area contributed by atoms with Gasteiger partial charge in [0, 0.05) is 37.2 Å². The monoisotopic (exact) mass is 414 g/mol. The van der Waals surface area contributed by atoms with Crippen LogP contribution >= 0.6 is 11.6 Å². The average molecular weight is 415 g/mol. The van der Waals surface area contributed by atoms with Crippen molar-refractivity contribution >= 4 is 29.1 Å². The standard InChI is InChI=1S/C22H23ClN2O4/c1-2-20(26)25-7-6-15-12-16(4-5-18(15)25)22(27)24-13-14-10-17(23)21-19(11-14)28-8-3-9-29-21/h4-5,10-12H,2-3,6-9,13H2,1H3,(H,24,27). The molecule has 0 spiro atoms. The van der Waals surface area contributed by atoms with Crippen LogP contribution in [0.3, 0.4) is 0 Å². The van der Waals surface area contributed by atoms with Gasteiger partial charge in [-0.15, -0.1) is 0 Å². The second-order valence-electron chi connectivity index (χ2n) is 7.13. The third kappa shape index (κ3) is 4.03. The van der Waals surface area contributed by atoms with Crippen LogP contribution in [0.1, 0.15) is 41.3 Å². The van der Waals surface area contributed by atoms with Gasteiger partial charge in [-0.05, 0) is 47.9 Å². The third-order valence-corrected chi connectivity index (χ3v) is 5.44. The van der Waals surface area contributed by atoms with E-state index in [-0.39, 0.29) is 11.8 Å². The Morgan fingerprint density at radius 1 is 1.17 bits per heavy atom. The van der Waals surface area contributed by atoms with Crippen molar-refractivity contribution in [2.75, 3.05) is 24.7 Å². The fourth-order valence-corrected chi connectivity index (χ4v) is 3.95. The molecule has 0 atom stereocenters. The van der Waals surface area contributed by atoms with Gasteiger partial charge in [0.05, 0.1) is 18.2 Å². The first-order valence-corrected chi connectivity index (χ1v) is 10.2. The van der Waals surface area contributed by atoms with Crippen molar-refractivity contribution in [1.29, 1.82) is 0 Å². The predicted octanol–water partition coefficient (Wildman–Crippen LogP) is 3.73. The maximum absolute atomic E-state index is 12.6. The molecule has 0 saturated heterocycles. The summed E-state index contributed by atoms with van der Waals surface area (Å²) in [6, 6.07) is 9.12. The first-order chi connectivity index (χ1) is 14.1. The zero-order chi connectivity index (χ0) is 20.4. The fourth-order valence-electron chi connectivity index (χ4n) is 3.66. The van der Waals surface area contributed by atoms with Gasteiger partial charge in [0.25, 0.3) is 5.91 Å². The Labute approximate surface area is 174 Å². The summed E-state index contributed by atoms with van der Waals surface area (Å²) in [5.41, 5.74) is 3.35. The number of rotatable bonds is 4. The van der Waals surface area contributed by atoms with E-state index in [0.717, 1.165) is 29.7 Å². The van der Waals surface area contributed by atoms with Gasteiger partial charge in [-0.1, -0.05) is 18.5 Å². The molecular formula is C22H23ClN2O4. The normalized spacial score (nSPS) is 14.9. The number of hydrogen-bond acceptors (Lipinski definition) is 4. The molecule has 2 aromatic rings. The predicted molar refractivity (Wildman–Crippen MR) is 111 cm³/mol. The number of anilines is 1. The first kappa shape index (κ1) is 19.6. The minimum atomic E-state index is -0.170. The molecule has 7 heteroatoms. The van der Waals surface area contributed by atoms with Gasteiger partial charge in [-0.3, -0.25) is 9.59 Å². The lowest BCUT2D eigenvalue weighted by Crippen LogP contribution is -2.27. The molecule has 0 bridgehead atoms. The van der Waals surface area contributed by atoms with Crippen molar-refractivity contribution in [2.24, 2.45) is 0 Å². The van der Waals surface area contributed by atoms with E-state index in [1.54, 1.807) is 17.0 Å². The molecule has 2 aliphatic rings. The van der Waals surface area contributed by atoms with Crippen LogP contribution in [0.4, 0.5) is 5.69 Å². The van der Waals surface area contributed by atoms with Gasteiger partial charge in [0.1, 0.15) is 0 Å². The Kier molecular flexibility index (Phi) is 5.62. The van der Waals surface area contributed by atoms with E-state index >= 15 is 0 Å². The van der Waals surface area contributed by atoms with Crippen molar-refractivity contribution < 1.29 is 19.1 Å². The molecule has 2 aromatic carbocycles. The molecule has 0 radical (unpaired) electrons. The van der Waals surface area contributed by atoms with Crippen molar-refractivity contribution in [1.82, 2.24) is 5.32 Å². The number of ether oxygens (including phenoxy) is 2. The molecule has 4 rings (SSSR count). The Morgan fingerprint density at radius 2 is 2.00 bits per heavy atom. The summed E-state index contributed by atoms with van der Waals surface area (Å²) in [7, 11) is 0. The summed E-state index contributed by atoms with van der Waals surface area (Å²) >= 11 is 6.32. The number of halogens is 1. The van der Waals surface area contributed by atoms with E-state index in [9.17, 15) is 9.59 Å². The van der Waals surface area contributed by atoms with Crippen LogP contribution in [0.5, 0.6) is 11.5 Å². The van der Waals surface area contributed by atoms with Crippen LogP contribution < -0.4 is 19.7 Å². The molecule has 2 amide bonds. The van der Waals surface area contributed by atoms with Gasteiger partial charge in [0.15, 0.2) is 11.5 Å². The number of hydrogen-bond donors (Lipinski definition) is 1. The summed E-state index contributed by atoms with van der Waals surface area (Å²) < 4.78 is 11.3. The number of benzene rings is 2. The van der Waals surface area contributed by atoms with Crippen LogP contribution in [-0.2, 0) is 17.8 Å². The quantitative estimate of drug-likeness (QED) is 0.827. The molecule has 0 saturated carbocycles. The maximum Gasteiger partial charge on any atom is 0.251 e. The Balaban J connectivity index is 1.45. The van der Waals surface area contributed by atoms with Crippen molar-refractivity contribution in [3.8, 4) is 11.5 Å². The van der Waals surface area contributed by atoms with E-state index in [1.807, 2.05) is 25.1 Å². The minimum absolute atomic E-state index is 0.104. The molecule has 2 aliphatic heterocycles. The van der Waals surface area contributed by atoms with E-state index < -0.39 is 0 Å². The van der Waals surface area contributed by atoms with Crippen LogP contribution in [0.2, 0.25) is 5.02 Å². The average Bonchev–Trinajstić information content (AvgIpc) is 3.00. The Morgan fingerprint density at radius 3 is 2.83 bits per heavy atom. The lowest BCUT2D eigenvalue weighted by molar-refractivity contribution is -0.118. The highest BCUT2D eigenvalue weighted by atomic mass is 35.5. The fraction of sp³-hybridized carbons (Fsp3) is 0.364. The number of fused-ring (bicyclic) bond motifs is 2. The number of carbonyl (C=O) groups is 2. The van der Waals surface area contributed by atoms with Crippen molar-refractivity contribution in [3.05, 3.63) is 52.0 Å². The smallest absolute Gasteiger partial charge is 0.251 e. The van der Waals surface area contributed by atoms with E-state index in [0.29, 0.717) is 54.8 Å². The molecule has 0 aromatic heterocycles. The highest BCUT2D eigenvalue weighted by molar-refractivity contribution is 6.32. The number of nitrogens with one attached hydrogen (secondary N) is 1. The first-order valence-electron chi connectivity index (χ1n) is 9.86. The molecular weight excluding hydrogens is 392 g/mol. The van der Waals surface area contributed by atoms with Gasteiger partial charge < -0.3 is 19.7 Å². The number of carbonyl (C=O) groups excluding carboxylic acids is 2. The van der Waals surface area contributed by atoms with E-state index in [2.05, 4.69) is 5.32 Å². The van der Waals surface area contributed by atoms with E-state index in [4.69, 9.17) is 21.1 Å². The summed E-state index contributed by atoms with van der Waals surface area (Å²) in [6.45, 7) is 4.00. The molecule has 0 aliphatic carbocycles. The zero-order valence-corrected chi connectivity index (χ0v) is 17.1. The van der Waals surface area contributed by atoms with Crippen molar-refractivity contribution in [2.45, 2.75) is 32.7 Å². The highest BCUT2D eigenvalue weighted by Gasteiger charge is 2.24. The lowest BCUT2D eigenvalue weighted by atomic mass is 10.1. The number of nitrogens with zero attached hydrogens (tertiary/aromatic N) is 1. The molecule has 2 heterocycles. The van der Waals surface area contributed by atoms with E-state index in [1.165, 1.54) is 0 Å². The minimum Gasteiger partial charge on any atom is -0.489 e.